The Morgan fingerprint density at radius 1 is 1.44 bits per heavy atom. The second kappa shape index (κ2) is 5.43. The average Bonchev–Trinajstić information content (AvgIpc) is 1.87. The predicted molar refractivity (Wildman–Crippen MR) is 33.0 cm³/mol. The molecule has 0 aromatic rings. The number of rotatable bonds is 2. The van der Waals surface area contributed by atoms with Crippen LogP contribution in [0.1, 0.15) is 0 Å². The first kappa shape index (κ1) is 12.3. The molecular weight excluding hydrogens is 152 g/mol. The molecule has 6 heteroatoms. The van der Waals surface area contributed by atoms with Gasteiger partial charge in [-0.15, -0.1) is 0 Å². The molecule has 1 radical (unpaired) electrons. The summed E-state index contributed by atoms with van der Waals surface area (Å²) in [6.45, 7) is 0. The van der Waals surface area contributed by atoms with E-state index in [0.29, 0.717) is 0 Å². The summed E-state index contributed by atoms with van der Waals surface area (Å²) in [6, 6.07) is 0. The van der Waals surface area contributed by atoms with Crippen molar-refractivity contribution in [2.45, 2.75) is 0 Å². The fraction of sp³-hybridized carbons (Fsp3) is 0.667. The van der Waals surface area contributed by atoms with Crippen molar-refractivity contribution >= 4 is 37.2 Å². The fourth-order valence-corrected chi connectivity index (χ4v) is 0.469. The third-order valence-corrected chi connectivity index (χ3v) is 1.81. The number of hydrogen-bond acceptors (Lipinski definition) is 4. The van der Waals surface area contributed by atoms with E-state index in [2.05, 4.69) is 9.05 Å². The van der Waals surface area contributed by atoms with Gasteiger partial charge in [-0.1, -0.05) is 0 Å². The summed E-state index contributed by atoms with van der Waals surface area (Å²) in [5.74, 6) is 1.39. The third-order valence-electron chi connectivity index (χ3n) is 0.603. The fourth-order valence-electron chi connectivity index (χ4n) is 0.156. The Morgan fingerprint density at radius 2 is 1.78 bits per heavy atom. The summed E-state index contributed by atoms with van der Waals surface area (Å²) in [7, 11) is -1.04. The van der Waals surface area contributed by atoms with E-state index in [-0.39, 0.29) is 29.6 Å². The van der Waals surface area contributed by atoms with Crippen LogP contribution in [0.4, 0.5) is 0 Å². The average molecular weight is 158 g/mol. The van der Waals surface area contributed by atoms with E-state index in [1.165, 1.54) is 5.81 Å². The Balaban J connectivity index is 0. The largest absolute Gasteiger partial charge is 0.430 e. The molecule has 0 rings (SSSR count). The van der Waals surface area contributed by atoms with Crippen molar-refractivity contribution in [3.8, 4) is 5.81 Å². The van der Waals surface area contributed by atoms with Gasteiger partial charge >= 0.3 is 7.60 Å². The summed E-state index contributed by atoms with van der Waals surface area (Å²) < 4.78 is 18.9. The van der Waals surface area contributed by atoms with Gasteiger partial charge in [0, 0.05) is 43.8 Å². The van der Waals surface area contributed by atoms with E-state index >= 15 is 0 Å². The maximum absolute atomic E-state index is 10.5. The zero-order chi connectivity index (χ0) is 6.62. The zero-order valence-corrected chi connectivity index (χ0v) is 8.51. The van der Waals surface area contributed by atoms with E-state index in [1.807, 2.05) is 0 Å². The van der Waals surface area contributed by atoms with Crippen molar-refractivity contribution in [3.05, 3.63) is 0 Å². The van der Waals surface area contributed by atoms with Gasteiger partial charge in [-0.25, -0.2) is 4.57 Å². The molecule has 0 amide bonds. The minimum absolute atomic E-state index is 0. The smallest absolute Gasteiger partial charge is 0.301 e. The molecule has 4 nitrogen and oxygen atoms in total. The van der Waals surface area contributed by atoms with E-state index < -0.39 is 7.60 Å². The van der Waals surface area contributed by atoms with E-state index in [1.54, 1.807) is 0 Å². The van der Waals surface area contributed by atoms with Gasteiger partial charge in [-0.05, 0) is 0 Å². The molecular formula is C3H6NNaO3P. The van der Waals surface area contributed by atoms with Crippen molar-refractivity contribution in [2.75, 3.05) is 14.2 Å². The molecule has 0 heterocycles. The zero-order valence-electron chi connectivity index (χ0n) is 5.62. The first-order chi connectivity index (χ1) is 3.68. The topological polar surface area (TPSA) is 59.3 Å². The van der Waals surface area contributed by atoms with Gasteiger partial charge < -0.3 is 9.05 Å². The van der Waals surface area contributed by atoms with Crippen LogP contribution in [0.3, 0.4) is 0 Å². The van der Waals surface area contributed by atoms with Crippen molar-refractivity contribution in [1.82, 2.24) is 0 Å². The van der Waals surface area contributed by atoms with Crippen molar-refractivity contribution in [2.24, 2.45) is 0 Å². The predicted octanol–water partition coefficient (Wildman–Crippen LogP) is 0.573. The van der Waals surface area contributed by atoms with Crippen molar-refractivity contribution in [3.63, 3.8) is 0 Å². The van der Waals surface area contributed by atoms with Crippen LogP contribution in [-0.2, 0) is 13.6 Å². The number of nitriles is 1. The minimum Gasteiger partial charge on any atom is -0.301 e. The monoisotopic (exact) mass is 158 g/mol. The van der Waals surface area contributed by atoms with Crippen LogP contribution in [0.2, 0.25) is 0 Å². The van der Waals surface area contributed by atoms with Crippen LogP contribution in [0, 0.1) is 11.1 Å². The molecule has 0 N–H and O–H groups in total. The van der Waals surface area contributed by atoms with Crippen LogP contribution in [0.15, 0.2) is 0 Å². The molecule has 0 spiro atoms. The van der Waals surface area contributed by atoms with Crippen LogP contribution in [-0.4, -0.2) is 43.8 Å². The minimum atomic E-state index is -3.36. The Hall–Kier alpha value is 0.640. The van der Waals surface area contributed by atoms with Crippen molar-refractivity contribution in [1.29, 1.82) is 5.26 Å². The molecule has 0 fully saturated rings. The first-order valence-electron chi connectivity index (χ1n) is 1.81. The maximum Gasteiger partial charge on any atom is 0.430 e. The second-order valence-electron chi connectivity index (χ2n) is 0.963. The molecule has 0 aliphatic rings. The summed E-state index contributed by atoms with van der Waals surface area (Å²) in [5.41, 5.74) is 0. The molecule has 0 aromatic carbocycles. The van der Waals surface area contributed by atoms with Crippen LogP contribution >= 0.6 is 7.60 Å². The van der Waals surface area contributed by atoms with Gasteiger partial charge in [0.25, 0.3) is 0 Å². The van der Waals surface area contributed by atoms with Gasteiger partial charge in [0.1, 0.15) is 0 Å². The molecule has 0 saturated heterocycles. The SMILES string of the molecule is COP(=O)(C#N)OC.[Na]. The van der Waals surface area contributed by atoms with Crippen LogP contribution < -0.4 is 0 Å². The van der Waals surface area contributed by atoms with E-state index in [4.69, 9.17) is 5.26 Å². The number of hydrogen-bond donors (Lipinski definition) is 0. The molecule has 0 aliphatic heterocycles. The molecule has 0 atom stereocenters. The van der Waals surface area contributed by atoms with Gasteiger partial charge in [0.15, 0.2) is 5.81 Å². The Bertz CT molecular complexity index is 146. The molecule has 9 heavy (non-hydrogen) atoms. The third kappa shape index (κ3) is 4.10. The Labute approximate surface area is 76.0 Å². The summed E-state index contributed by atoms with van der Waals surface area (Å²) in [5, 5.41) is 8.02. The quantitative estimate of drug-likeness (QED) is 0.435. The van der Waals surface area contributed by atoms with Gasteiger partial charge in [0.2, 0.25) is 0 Å². The molecule has 0 unspecified atom stereocenters. The first-order valence-corrected chi connectivity index (χ1v) is 3.35. The molecule has 0 saturated carbocycles. The summed E-state index contributed by atoms with van der Waals surface area (Å²) in [6.07, 6.45) is 0. The number of nitrogens with zero attached hydrogens (tertiary/aromatic N) is 1. The molecule has 47 valence electrons. The van der Waals surface area contributed by atoms with E-state index in [0.717, 1.165) is 14.2 Å². The Kier molecular flexibility index (Phi) is 7.43. The van der Waals surface area contributed by atoms with Gasteiger partial charge in [0.05, 0.1) is 0 Å². The standard InChI is InChI=1S/C3H6NO3P.Na/c1-6-8(5,3-4)7-2;/h1-2H3;. The van der Waals surface area contributed by atoms with Crippen molar-refractivity contribution < 1.29 is 13.6 Å². The molecule has 0 aliphatic carbocycles. The summed E-state index contributed by atoms with van der Waals surface area (Å²) >= 11 is 0. The van der Waals surface area contributed by atoms with E-state index in [9.17, 15) is 4.57 Å². The van der Waals surface area contributed by atoms with Crippen LogP contribution in [0.5, 0.6) is 0 Å². The molecule has 0 aromatic heterocycles. The van der Waals surface area contributed by atoms with Gasteiger partial charge in [-0.3, -0.25) is 0 Å². The second-order valence-corrected chi connectivity index (χ2v) is 2.89. The normalized spacial score (nSPS) is 9.44. The Morgan fingerprint density at radius 3 is 1.78 bits per heavy atom. The van der Waals surface area contributed by atoms with Gasteiger partial charge in [-0.2, -0.15) is 5.26 Å². The maximum atomic E-state index is 10.5. The summed E-state index contributed by atoms with van der Waals surface area (Å²) in [4.78, 5) is 0. The van der Waals surface area contributed by atoms with Crippen LogP contribution in [0.25, 0.3) is 0 Å². The molecule has 0 bridgehead atoms.